The van der Waals surface area contributed by atoms with Gasteiger partial charge in [-0.1, -0.05) is 23.7 Å². The van der Waals surface area contributed by atoms with Crippen LogP contribution in [0.5, 0.6) is 0 Å². The zero-order chi connectivity index (χ0) is 15.5. The van der Waals surface area contributed by atoms with E-state index in [1.807, 2.05) is 31.2 Å². The van der Waals surface area contributed by atoms with Gasteiger partial charge in [-0.15, -0.1) is 11.3 Å². The molecule has 0 saturated heterocycles. The van der Waals surface area contributed by atoms with Crippen LogP contribution in [0.2, 0.25) is 5.02 Å². The Balaban J connectivity index is 1.50. The second kappa shape index (κ2) is 6.80. The number of halogens is 1. The van der Waals surface area contributed by atoms with Crippen LogP contribution in [-0.2, 0) is 24.1 Å². The Labute approximate surface area is 139 Å². The van der Waals surface area contributed by atoms with Crippen LogP contribution in [0.25, 0.3) is 0 Å². The summed E-state index contributed by atoms with van der Waals surface area (Å²) in [5.74, 6) is 0.255. The number of hydrogen-bond acceptors (Lipinski definition) is 3. The first-order valence-corrected chi connectivity index (χ1v) is 8.78. The average Bonchev–Trinajstić information content (AvgIpc) is 2.86. The monoisotopic (exact) mass is 334 g/mol. The molecule has 1 aliphatic carbocycles. The number of fused-ring (bicyclic) bond motifs is 1. The van der Waals surface area contributed by atoms with Gasteiger partial charge in [0, 0.05) is 22.4 Å². The van der Waals surface area contributed by atoms with Gasteiger partial charge >= 0.3 is 0 Å². The average molecular weight is 335 g/mol. The highest BCUT2D eigenvalue weighted by molar-refractivity contribution is 7.11. The van der Waals surface area contributed by atoms with E-state index in [4.69, 9.17) is 11.6 Å². The lowest BCUT2D eigenvalue weighted by Gasteiger charge is -2.20. The van der Waals surface area contributed by atoms with Crippen molar-refractivity contribution < 1.29 is 4.79 Å². The standard InChI is InChI=1S/C17H19ClN2OS/c1-11-20-15-6-5-13(10-16(15)22-11)17(21)19-8-7-12-3-2-4-14(18)9-12/h2-4,9,13H,5-8,10H2,1H3,(H,19,21). The minimum atomic E-state index is 0.0895. The van der Waals surface area contributed by atoms with Crippen molar-refractivity contribution in [2.75, 3.05) is 6.54 Å². The summed E-state index contributed by atoms with van der Waals surface area (Å²) < 4.78 is 0. The number of thiazole rings is 1. The molecule has 3 nitrogen and oxygen atoms in total. The van der Waals surface area contributed by atoms with Gasteiger partial charge in [-0.2, -0.15) is 0 Å². The van der Waals surface area contributed by atoms with Crippen LogP contribution in [0.4, 0.5) is 0 Å². The van der Waals surface area contributed by atoms with Gasteiger partial charge in [-0.3, -0.25) is 4.79 Å². The van der Waals surface area contributed by atoms with Crippen molar-refractivity contribution in [2.24, 2.45) is 5.92 Å². The summed E-state index contributed by atoms with van der Waals surface area (Å²) in [6, 6.07) is 7.78. The Bertz CT molecular complexity index is 683. The lowest BCUT2D eigenvalue weighted by Crippen LogP contribution is -2.35. The Hall–Kier alpha value is -1.39. The van der Waals surface area contributed by atoms with Gasteiger partial charge in [-0.05, 0) is 50.3 Å². The summed E-state index contributed by atoms with van der Waals surface area (Å²) in [6.07, 6.45) is 3.47. The Kier molecular flexibility index (Phi) is 4.79. The van der Waals surface area contributed by atoms with E-state index < -0.39 is 0 Å². The summed E-state index contributed by atoms with van der Waals surface area (Å²) in [5.41, 5.74) is 2.35. The Morgan fingerprint density at radius 1 is 1.50 bits per heavy atom. The predicted molar refractivity (Wildman–Crippen MR) is 90.5 cm³/mol. The number of benzene rings is 1. The number of amides is 1. The molecule has 0 radical (unpaired) electrons. The highest BCUT2D eigenvalue weighted by Gasteiger charge is 2.26. The maximum atomic E-state index is 12.3. The van der Waals surface area contributed by atoms with Crippen molar-refractivity contribution in [2.45, 2.75) is 32.6 Å². The fraction of sp³-hybridized carbons (Fsp3) is 0.412. The third kappa shape index (κ3) is 3.68. The number of rotatable bonds is 4. The number of carbonyl (C=O) groups is 1. The van der Waals surface area contributed by atoms with Crippen molar-refractivity contribution in [3.05, 3.63) is 50.4 Å². The quantitative estimate of drug-likeness (QED) is 0.928. The smallest absolute Gasteiger partial charge is 0.223 e. The highest BCUT2D eigenvalue weighted by Crippen LogP contribution is 2.29. The van der Waals surface area contributed by atoms with Crippen LogP contribution in [-0.4, -0.2) is 17.4 Å². The molecule has 0 bridgehead atoms. The second-order valence-corrected chi connectivity index (χ2v) is 7.44. The van der Waals surface area contributed by atoms with Crippen molar-refractivity contribution >= 4 is 28.8 Å². The van der Waals surface area contributed by atoms with Crippen LogP contribution >= 0.6 is 22.9 Å². The molecule has 1 aromatic carbocycles. The molecule has 1 aromatic heterocycles. The Morgan fingerprint density at radius 2 is 2.36 bits per heavy atom. The fourth-order valence-electron chi connectivity index (χ4n) is 2.89. The molecule has 0 saturated carbocycles. The van der Waals surface area contributed by atoms with Crippen molar-refractivity contribution in [3.63, 3.8) is 0 Å². The number of hydrogen-bond donors (Lipinski definition) is 1. The molecule has 0 spiro atoms. The van der Waals surface area contributed by atoms with E-state index in [1.165, 1.54) is 10.6 Å². The number of nitrogens with zero attached hydrogens (tertiary/aromatic N) is 1. The number of carbonyl (C=O) groups excluding carboxylic acids is 1. The molecule has 2 aromatic rings. The second-order valence-electron chi connectivity index (χ2n) is 5.71. The maximum absolute atomic E-state index is 12.3. The highest BCUT2D eigenvalue weighted by atomic mass is 35.5. The van der Waals surface area contributed by atoms with E-state index in [0.717, 1.165) is 41.3 Å². The minimum absolute atomic E-state index is 0.0895. The van der Waals surface area contributed by atoms with Crippen molar-refractivity contribution in [1.29, 1.82) is 0 Å². The van der Waals surface area contributed by atoms with Crippen LogP contribution in [0.1, 0.15) is 27.6 Å². The summed E-state index contributed by atoms with van der Waals surface area (Å²) in [4.78, 5) is 18.1. The van der Waals surface area contributed by atoms with Gasteiger partial charge in [-0.25, -0.2) is 4.98 Å². The molecule has 22 heavy (non-hydrogen) atoms. The summed E-state index contributed by atoms with van der Waals surface area (Å²) >= 11 is 7.69. The zero-order valence-corrected chi connectivity index (χ0v) is 14.1. The van der Waals surface area contributed by atoms with Gasteiger partial charge in [0.25, 0.3) is 0 Å². The summed E-state index contributed by atoms with van der Waals surface area (Å²) in [6.45, 7) is 2.69. The number of aromatic nitrogens is 1. The number of nitrogens with one attached hydrogen (secondary N) is 1. The van der Waals surface area contributed by atoms with Crippen LogP contribution in [0.15, 0.2) is 24.3 Å². The van der Waals surface area contributed by atoms with E-state index in [1.54, 1.807) is 11.3 Å². The van der Waals surface area contributed by atoms with Gasteiger partial charge in [0.2, 0.25) is 5.91 Å². The van der Waals surface area contributed by atoms with Gasteiger partial charge < -0.3 is 5.32 Å². The summed E-state index contributed by atoms with van der Waals surface area (Å²) in [5, 5.41) is 4.90. The topological polar surface area (TPSA) is 42.0 Å². The normalized spacial score (nSPS) is 17.1. The molecular formula is C17H19ClN2OS. The summed E-state index contributed by atoms with van der Waals surface area (Å²) in [7, 11) is 0. The first-order chi connectivity index (χ1) is 10.6. The zero-order valence-electron chi connectivity index (χ0n) is 12.6. The molecule has 1 atom stereocenters. The molecule has 1 amide bonds. The molecular weight excluding hydrogens is 316 g/mol. The van der Waals surface area contributed by atoms with E-state index in [-0.39, 0.29) is 11.8 Å². The molecule has 116 valence electrons. The van der Waals surface area contributed by atoms with Crippen molar-refractivity contribution in [1.82, 2.24) is 10.3 Å². The van der Waals surface area contributed by atoms with Gasteiger partial charge in [0.1, 0.15) is 0 Å². The van der Waals surface area contributed by atoms with E-state index in [0.29, 0.717) is 6.54 Å². The lowest BCUT2D eigenvalue weighted by atomic mass is 9.90. The van der Waals surface area contributed by atoms with E-state index >= 15 is 0 Å². The number of aryl methyl sites for hydroxylation is 2. The largest absolute Gasteiger partial charge is 0.356 e. The van der Waals surface area contributed by atoms with Crippen LogP contribution in [0, 0.1) is 12.8 Å². The molecule has 0 fully saturated rings. The molecule has 1 unspecified atom stereocenters. The first kappa shape index (κ1) is 15.5. The maximum Gasteiger partial charge on any atom is 0.223 e. The third-order valence-corrected chi connectivity index (χ3v) is 5.29. The van der Waals surface area contributed by atoms with Crippen LogP contribution in [0.3, 0.4) is 0 Å². The minimum Gasteiger partial charge on any atom is -0.356 e. The van der Waals surface area contributed by atoms with Gasteiger partial charge in [0.05, 0.1) is 10.7 Å². The predicted octanol–water partition coefficient (Wildman–Crippen LogP) is 3.57. The molecule has 1 N–H and O–H groups in total. The molecule has 3 rings (SSSR count). The molecule has 1 heterocycles. The fourth-order valence-corrected chi connectivity index (χ4v) is 4.17. The molecule has 1 aliphatic rings. The SMILES string of the molecule is Cc1nc2c(s1)CC(C(=O)NCCc1cccc(Cl)c1)CC2. The van der Waals surface area contributed by atoms with Crippen molar-refractivity contribution in [3.8, 4) is 0 Å². The molecule has 0 aliphatic heterocycles. The lowest BCUT2D eigenvalue weighted by molar-refractivity contribution is -0.125. The van der Waals surface area contributed by atoms with Gasteiger partial charge in [0.15, 0.2) is 0 Å². The third-order valence-electron chi connectivity index (χ3n) is 4.02. The Morgan fingerprint density at radius 3 is 3.18 bits per heavy atom. The van der Waals surface area contributed by atoms with E-state index in [2.05, 4.69) is 10.3 Å². The first-order valence-electron chi connectivity index (χ1n) is 7.59. The molecule has 5 heteroatoms. The van der Waals surface area contributed by atoms with Crippen LogP contribution < -0.4 is 5.32 Å². The van der Waals surface area contributed by atoms with E-state index in [9.17, 15) is 4.79 Å².